The maximum atomic E-state index is 12.3. The second-order valence-electron chi connectivity index (χ2n) is 5.83. The largest absolute Gasteiger partial charge is 0.443 e. The number of hydrogen-bond acceptors (Lipinski definition) is 5. The molecule has 1 aliphatic heterocycles. The van der Waals surface area contributed by atoms with E-state index in [2.05, 4.69) is 4.74 Å². The molecule has 1 aromatic carbocycles. The number of carbonyl (C=O) groups excluding carboxylic acids is 3. The third-order valence-corrected chi connectivity index (χ3v) is 3.27. The summed E-state index contributed by atoms with van der Waals surface area (Å²) in [6, 6.07) is 5.84. The molecular weight excluding hydrogens is 310 g/mol. The lowest BCUT2D eigenvalue weighted by molar-refractivity contribution is -0.143. The van der Waals surface area contributed by atoms with Crippen LogP contribution in [-0.2, 0) is 14.3 Å². The van der Waals surface area contributed by atoms with Gasteiger partial charge >= 0.3 is 18.2 Å². The molecule has 0 N–H and O–H groups in total. The molecule has 6 nitrogen and oxygen atoms in total. The molecule has 0 aromatic heterocycles. The van der Waals surface area contributed by atoms with E-state index in [4.69, 9.17) is 16.3 Å². The summed E-state index contributed by atoms with van der Waals surface area (Å²) >= 11 is 6.11. The standard InChI is InChI=1S/C15H16ClNO5/c1-15(2,3)22-14(20)17-11(8-12(18)21-13(17)19)9-6-4-5-7-10(9)16/h4-7,11H,8H2,1-3H3. The number of carbonyl (C=O) groups is 3. The third kappa shape index (κ3) is 3.57. The van der Waals surface area contributed by atoms with Crippen molar-refractivity contribution in [1.29, 1.82) is 0 Å². The van der Waals surface area contributed by atoms with Crippen molar-refractivity contribution in [1.82, 2.24) is 4.90 Å². The number of benzene rings is 1. The highest BCUT2D eigenvalue weighted by Gasteiger charge is 2.42. The van der Waals surface area contributed by atoms with E-state index in [0.29, 0.717) is 10.6 Å². The Kier molecular flexibility index (Phi) is 4.42. The van der Waals surface area contributed by atoms with Crippen LogP contribution in [0.5, 0.6) is 0 Å². The van der Waals surface area contributed by atoms with Gasteiger partial charge < -0.3 is 9.47 Å². The van der Waals surface area contributed by atoms with E-state index in [1.807, 2.05) is 0 Å². The summed E-state index contributed by atoms with van der Waals surface area (Å²) in [5.74, 6) is -0.713. The second-order valence-corrected chi connectivity index (χ2v) is 6.24. The van der Waals surface area contributed by atoms with Crippen molar-refractivity contribution < 1.29 is 23.9 Å². The molecule has 0 aliphatic carbocycles. The number of ether oxygens (including phenoxy) is 2. The van der Waals surface area contributed by atoms with Crippen LogP contribution in [0.15, 0.2) is 24.3 Å². The van der Waals surface area contributed by atoms with Crippen LogP contribution in [0.4, 0.5) is 9.59 Å². The lowest BCUT2D eigenvalue weighted by Crippen LogP contribution is -2.48. The topological polar surface area (TPSA) is 72.9 Å². The van der Waals surface area contributed by atoms with Gasteiger partial charge in [0.1, 0.15) is 5.60 Å². The number of esters is 1. The van der Waals surface area contributed by atoms with Crippen molar-refractivity contribution in [2.45, 2.75) is 38.8 Å². The molecule has 0 spiro atoms. The van der Waals surface area contributed by atoms with Gasteiger partial charge in [0, 0.05) is 5.02 Å². The van der Waals surface area contributed by atoms with Gasteiger partial charge in [-0.1, -0.05) is 29.8 Å². The van der Waals surface area contributed by atoms with Crippen molar-refractivity contribution in [3.8, 4) is 0 Å². The Morgan fingerprint density at radius 3 is 2.55 bits per heavy atom. The lowest BCUT2D eigenvalue weighted by atomic mass is 10.0. The van der Waals surface area contributed by atoms with Crippen LogP contribution in [0.1, 0.15) is 38.8 Å². The molecular formula is C15H16ClNO5. The molecule has 1 aromatic rings. The Hall–Kier alpha value is -2.08. The molecule has 2 rings (SSSR count). The second kappa shape index (κ2) is 5.96. The number of rotatable bonds is 1. The number of amides is 2. The molecule has 1 atom stereocenters. The van der Waals surface area contributed by atoms with Gasteiger partial charge in [0.2, 0.25) is 0 Å². The molecule has 118 valence electrons. The quantitative estimate of drug-likeness (QED) is 0.581. The van der Waals surface area contributed by atoms with Crippen LogP contribution in [0, 0.1) is 0 Å². The predicted octanol–water partition coefficient (Wildman–Crippen LogP) is 3.69. The molecule has 1 fully saturated rings. The summed E-state index contributed by atoms with van der Waals surface area (Å²) in [7, 11) is 0. The van der Waals surface area contributed by atoms with Crippen molar-refractivity contribution in [3.63, 3.8) is 0 Å². The highest BCUT2D eigenvalue weighted by molar-refractivity contribution is 6.31. The fourth-order valence-corrected chi connectivity index (χ4v) is 2.33. The Bertz CT molecular complexity index is 623. The molecule has 0 bridgehead atoms. The highest BCUT2D eigenvalue weighted by atomic mass is 35.5. The maximum Gasteiger partial charge on any atom is 0.427 e. The van der Waals surface area contributed by atoms with Crippen LogP contribution in [-0.4, -0.2) is 28.7 Å². The first-order chi connectivity index (χ1) is 10.2. The van der Waals surface area contributed by atoms with Gasteiger partial charge in [-0.3, -0.25) is 4.79 Å². The van der Waals surface area contributed by atoms with Crippen LogP contribution in [0.3, 0.4) is 0 Å². The van der Waals surface area contributed by atoms with Gasteiger partial charge in [0.25, 0.3) is 0 Å². The normalized spacial score (nSPS) is 18.9. The fraction of sp³-hybridized carbons (Fsp3) is 0.400. The minimum absolute atomic E-state index is 0.172. The molecule has 1 aliphatic rings. The zero-order valence-corrected chi connectivity index (χ0v) is 13.2. The highest BCUT2D eigenvalue weighted by Crippen LogP contribution is 2.34. The lowest BCUT2D eigenvalue weighted by Gasteiger charge is -2.34. The minimum Gasteiger partial charge on any atom is -0.443 e. The number of nitrogens with zero attached hydrogens (tertiary/aromatic N) is 1. The number of halogens is 1. The predicted molar refractivity (Wildman–Crippen MR) is 78.4 cm³/mol. The number of hydrogen-bond donors (Lipinski definition) is 0. The van der Waals surface area contributed by atoms with E-state index < -0.39 is 29.8 Å². The van der Waals surface area contributed by atoms with E-state index in [9.17, 15) is 14.4 Å². The van der Waals surface area contributed by atoms with E-state index in [0.717, 1.165) is 4.90 Å². The molecule has 0 saturated carbocycles. The summed E-state index contributed by atoms with van der Waals surface area (Å²) in [6.45, 7) is 5.03. The van der Waals surface area contributed by atoms with Crippen LogP contribution >= 0.6 is 11.6 Å². The third-order valence-electron chi connectivity index (χ3n) is 2.92. The zero-order chi connectivity index (χ0) is 16.5. The van der Waals surface area contributed by atoms with Gasteiger partial charge in [-0.05, 0) is 32.4 Å². The molecule has 1 unspecified atom stereocenters. The molecule has 7 heteroatoms. The maximum absolute atomic E-state index is 12.3. The Balaban J connectivity index is 2.38. The SMILES string of the molecule is CC(C)(C)OC(=O)N1C(=O)OC(=O)CC1c1ccccc1Cl. The summed E-state index contributed by atoms with van der Waals surface area (Å²) in [4.78, 5) is 36.6. The fourth-order valence-electron chi connectivity index (χ4n) is 2.07. The van der Waals surface area contributed by atoms with Crippen molar-refractivity contribution in [3.05, 3.63) is 34.9 Å². The summed E-state index contributed by atoms with van der Waals surface area (Å²) in [5.41, 5.74) is -0.302. The van der Waals surface area contributed by atoms with Crippen LogP contribution in [0.2, 0.25) is 5.02 Å². The van der Waals surface area contributed by atoms with E-state index in [1.54, 1.807) is 45.0 Å². The molecule has 22 heavy (non-hydrogen) atoms. The summed E-state index contributed by atoms with van der Waals surface area (Å²) < 4.78 is 9.74. The Morgan fingerprint density at radius 2 is 1.95 bits per heavy atom. The summed E-state index contributed by atoms with van der Waals surface area (Å²) in [5, 5.41) is 0.351. The van der Waals surface area contributed by atoms with Gasteiger partial charge in [-0.15, -0.1) is 0 Å². The Morgan fingerprint density at radius 1 is 1.32 bits per heavy atom. The van der Waals surface area contributed by atoms with Gasteiger partial charge in [0.15, 0.2) is 0 Å². The smallest absolute Gasteiger partial charge is 0.427 e. The minimum atomic E-state index is -1.06. The van der Waals surface area contributed by atoms with E-state index >= 15 is 0 Å². The Labute approximate surface area is 132 Å². The molecule has 1 heterocycles. The molecule has 0 radical (unpaired) electrons. The average Bonchev–Trinajstić information content (AvgIpc) is 2.35. The monoisotopic (exact) mass is 325 g/mol. The van der Waals surface area contributed by atoms with E-state index in [1.165, 1.54) is 0 Å². The van der Waals surface area contributed by atoms with Crippen LogP contribution < -0.4 is 0 Å². The first kappa shape index (κ1) is 16.3. The summed E-state index contributed by atoms with van der Waals surface area (Å²) in [6.07, 6.45) is -2.11. The average molecular weight is 326 g/mol. The van der Waals surface area contributed by atoms with Gasteiger partial charge in [-0.2, -0.15) is 0 Å². The molecule has 1 saturated heterocycles. The number of imide groups is 1. The van der Waals surface area contributed by atoms with Crippen molar-refractivity contribution in [2.75, 3.05) is 0 Å². The van der Waals surface area contributed by atoms with Crippen LogP contribution in [0.25, 0.3) is 0 Å². The van der Waals surface area contributed by atoms with Gasteiger partial charge in [-0.25, -0.2) is 14.5 Å². The van der Waals surface area contributed by atoms with Gasteiger partial charge in [0.05, 0.1) is 12.5 Å². The first-order valence-corrected chi connectivity index (χ1v) is 7.08. The zero-order valence-electron chi connectivity index (χ0n) is 12.5. The van der Waals surface area contributed by atoms with Crippen molar-refractivity contribution >= 4 is 29.8 Å². The van der Waals surface area contributed by atoms with E-state index in [-0.39, 0.29) is 6.42 Å². The first-order valence-electron chi connectivity index (χ1n) is 6.70. The van der Waals surface area contributed by atoms with Crippen molar-refractivity contribution in [2.24, 2.45) is 0 Å². The molecule has 2 amide bonds. The number of cyclic esters (lactones) is 2.